The van der Waals surface area contributed by atoms with Crippen LogP contribution in [0.5, 0.6) is 5.75 Å². The van der Waals surface area contributed by atoms with Crippen LogP contribution in [0.15, 0.2) is 46.9 Å². The molecule has 0 saturated carbocycles. The van der Waals surface area contributed by atoms with Crippen molar-refractivity contribution in [3.8, 4) is 5.75 Å². The summed E-state index contributed by atoms with van der Waals surface area (Å²) in [5.41, 5.74) is 3.41. The molecule has 2 aromatic rings. The van der Waals surface area contributed by atoms with Crippen molar-refractivity contribution in [2.45, 2.75) is 110 Å². The molecule has 0 aliphatic rings. The van der Waals surface area contributed by atoms with Crippen molar-refractivity contribution in [3.05, 3.63) is 52.2 Å². The van der Waals surface area contributed by atoms with Gasteiger partial charge in [-0.15, -0.1) is 11.3 Å². The lowest BCUT2D eigenvalue weighted by Crippen LogP contribution is -2.16. The van der Waals surface area contributed by atoms with Crippen LogP contribution in [0, 0.1) is 0 Å². The largest absolute Gasteiger partial charge is 0.422 e. The summed E-state index contributed by atoms with van der Waals surface area (Å²) in [6, 6.07) is 10.6. The molecule has 1 amide bonds. The number of nitrogens with one attached hydrogen (secondary N) is 1. The number of thiophene rings is 1. The third kappa shape index (κ3) is 14.2. The lowest BCUT2D eigenvalue weighted by molar-refractivity contribution is -0.121. The van der Waals surface area contributed by atoms with Crippen LogP contribution in [-0.4, -0.2) is 18.1 Å². The van der Waals surface area contributed by atoms with Crippen molar-refractivity contribution in [3.63, 3.8) is 0 Å². The van der Waals surface area contributed by atoms with Crippen molar-refractivity contribution in [2.24, 2.45) is 5.10 Å². The number of hydrogen-bond donors (Lipinski definition) is 1. The van der Waals surface area contributed by atoms with Crippen LogP contribution in [0.1, 0.15) is 125 Å². The Morgan fingerprint density at radius 3 is 1.89 bits per heavy atom. The molecule has 0 fully saturated rings. The predicted octanol–water partition coefficient (Wildman–Crippen LogP) is 8.68. The van der Waals surface area contributed by atoms with Gasteiger partial charge in [-0.25, -0.2) is 10.2 Å². The van der Waals surface area contributed by atoms with Crippen LogP contribution in [0.3, 0.4) is 0 Å². The Hall–Kier alpha value is -2.47. The lowest BCUT2D eigenvalue weighted by atomic mass is 10.0. The van der Waals surface area contributed by atoms with Crippen molar-refractivity contribution in [1.29, 1.82) is 0 Å². The van der Waals surface area contributed by atoms with Gasteiger partial charge < -0.3 is 4.74 Å². The van der Waals surface area contributed by atoms with Crippen LogP contribution < -0.4 is 10.2 Å². The van der Waals surface area contributed by atoms with Gasteiger partial charge in [0.25, 0.3) is 0 Å². The lowest BCUT2D eigenvalue weighted by Gasteiger charge is -2.04. The zero-order chi connectivity index (χ0) is 25.7. The van der Waals surface area contributed by atoms with E-state index in [9.17, 15) is 9.59 Å². The molecule has 198 valence electrons. The van der Waals surface area contributed by atoms with Gasteiger partial charge in [0.05, 0.1) is 6.21 Å². The second kappa shape index (κ2) is 19.7. The first-order valence-electron chi connectivity index (χ1n) is 13.9. The molecule has 6 heteroatoms. The average molecular weight is 513 g/mol. The summed E-state index contributed by atoms with van der Waals surface area (Å²) in [4.78, 5) is 24.5. The Morgan fingerprint density at radius 1 is 0.806 bits per heavy atom. The minimum Gasteiger partial charge on any atom is -0.422 e. The molecule has 0 aliphatic heterocycles. The van der Waals surface area contributed by atoms with Gasteiger partial charge in [-0.2, -0.15) is 5.10 Å². The molecule has 1 N–H and O–H groups in total. The Kier molecular flexibility index (Phi) is 16.3. The van der Waals surface area contributed by atoms with Crippen molar-refractivity contribution < 1.29 is 14.3 Å². The first-order chi connectivity index (χ1) is 17.7. The molecule has 1 heterocycles. The molecule has 0 radical (unpaired) electrons. The number of rotatable bonds is 20. The van der Waals surface area contributed by atoms with E-state index >= 15 is 0 Å². The number of unbranched alkanes of at least 4 members (excludes halogenated alkanes) is 14. The summed E-state index contributed by atoms with van der Waals surface area (Å²) >= 11 is 1.35. The summed E-state index contributed by atoms with van der Waals surface area (Å²) in [7, 11) is 0. The van der Waals surface area contributed by atoms with E-state index in [4.69, 9.17) is 4.74 Å². The average Bonchev–Trinajstić information content (AvgIpc) is 3.43. The summed E-state index contributed by atoms with van der Waals surface area (Å²) < 4.78 is 5.33. The molecule has 2 rings (SSSR count). The van der Waals surface area contributed by atoms with E-state index in [2.05, 4.69) is 17.5 Å². The number of esters is 1. The maximum absolute atomic E-state index is 12.0. The number of carbonyl (C=O) groups excluding carboxylic acids is 2. The SMILES string of the molecule is CCCCCCCCCCCCCCCCCC(=O)N/N=C/c1ccc(OC(=O)c2cccs2)cc1. The number of ether oxygens (including phenoxy) is 1. The van der Waals surface area contributed by atoms with Crippen molar-refractivity contribution in [1.82, 2.24) is 5.43 Å². The fraction of sp³-hybridized carbons (Fsp3) is 0.567. The minimum absolute atomic E-state index is 0.0533. The monoisotopic (exact) mass is 512 g/mol. The standard InChI is InChI=1S/C30H44N2O3S/c1-2-3-4-5-6-7-8-9-10-11-12-13-14-15-16-19-29(33)32-31-25-26-20-22-27(23-21-26)35-30(34)28-18-17-24-36-28/h17-18,20-25H,2-16,19H2,1H3,(H,32,33)/b31-25+. The molecule has 0 aliphatic carbocycles. The highest BCUT2D eigenvalue weighted by atomic mass is 32.1. The van der Waals surface area contributed by atoms with Crippen LogP contribution >= 0.6 is 11.3 Å². The van der Waals surface area contributed by atoms with Gasteiger partial charge in [-0.05, 0) is 47.7 Å². The van der Waals surface area contributed by atoms with Gasteiger partial charge in [-0.3, -0.25) is 4.79 Å². The topological polar surface area (TPSA) is 67.8 Å². The molecule has 0 atom stereocenters. The molecular weight excluding hydrogens is 468 g/mol. The third-order valence-electron chi connectivity index (χ3n) is 6.22. The van der Waals surface area contributed by atoms with Crippen LogP contribution in [0.2, 0.25) is 0 Å². The van der Waals surface area contributed by atoms with E-state index in [0.29, 0.717) is 17.0 Å². The molecule has 1 aromatic carbocycles. The fourth-order valence-corrected chi connectivity index (χ4v) is 4.66. The molecule has 0 bridgehead atoms. The Morgan fingerprint density at radius 2 is 1.36 bits per heavy atom. The van der Waals surface area contributed by atoms with E-state index < -0.39 is 0 Å². The maximum atomic E-state index is 12.0. The highest BCUT2D eigenvalue weighted by molar-refractivity contribution is 7.12. The second-order valence-corrected chi connectivity index (χ2v) is 10.4. The van der Waals surface area contributed by atoms with Crippen LogP contribution in [0.4, 0.5) is 0 Å². The second-order valence-electron chi connectivity index (χ2n) is 9.43. The van der Waals surface area contributed by atoms with Crippen LogP contribution in [-0.2, 0) is 4.79 Å². The number of benzene rings is 1. The fourth-order valence-electron chi connectivity index (χ4n) is 4.07. The molecule has 0 unspecified atom stereocenters. The first-order valence-corrected chi connectivity index (χ1v) is 14.7. The maximum Gasteiger partial charge on any atom is 0.353 e. The van der Waals surface area contributed by atoms with E-state index in [1.807, 2.05) is 11.4 Å². The molecule has 5 nitrogen and oxygen atoms in total. The van der Waals surface area contributed by atoms with E-state index in [0.717, 1.165) is 18.4 Å². The third-order valence-corrected chi connectivity index (χ3v) is 7.07. The first kappa shape index (κ1) is 29.8. The highest BCUT2D eigenvalue weighted by Crippen LogP contribution is 2.16. The Labute approximate surface area is 221 Å². The van der Waals surface area contributed by atoms with E-state index in [-0.39, 0.29) is 11.9 Å². The van der Waals surface area contributed by atoms with Crippen LogP contribution in [0.25, 0.3) is 0 Å². The Balaban J connectivity index is 1.42. The highest BCUT2D eigenvalue weighted by Gasteiger charge is 2.09. The predicted molar refractivity (Wildman–Crippen MR) is 151 cm³/mol. The van der Waals surface area contributed by atoms with Crippen molar-refractivity contribution >= 4 is 29.4 Å². The smallest absolute Gasteiger partial charge is 0.353 e. The molecule has 1 aromatic heterocycles. The Bertz CT molecular complexity index is 863. The molecule has 0 saturated heterocycles. The number of hydrogen-bond acceptors (Lipinski definition) is 5. The molecule has 36 heavy (non-hydrogen) atoms. The molecule has 0 spiro atoms. The summed E-state index contributed by atoms with van der Waals surface area (Å²) in [6.45, 7) is 2.27. The van der Waals surface area contributed by atoms with E-state index in [1.54, 1.807) is 36.5 Å². The zero-order valence-electron chi connectivity index (χ0n) is 22.0. The number of amides is 1. The van der Waals surface area contributed by atoms with Gasteiger partial charge >= 0.3 is 5.97 Å². The quantitative estimate of drug-likeness (QED) is 0.0634. The summed E-state index contributed by atoms with van der Waals surface area (Å²) in [5.74, 6) is 0.0580. The summed E-state index contributed by atoms with van der Waals surface area (Å²) in [6.07, 6.45) is 21.8. The van der Waals surface area contributed by atoms with Gasteiger partial charge in [-0.1, -0.05) is 103 Å². The van der Waals surface area contributed by atoms with Gasteiger partial charge in [0.2, 0.25) is 5.91 Å². The number of carbonyl (C=O) groups is 2. The van der Waals surface area contributed by atoms with Gasteiger partial charge in [0.1, 0.15) is 10.6 Å². The van der Waals surface area contributed by atoms with Crippen molar-refractivity contribution in [2.75, 3.05) is 0 Å². The van der Waals surface area contributed by atoms with E-state index in [1.165, 1.54) is 94.8 Å². The van der Waals surface area contributed by atoms with Gasteiger partial charge in [0.15, 0.2) is 0 Å². The number of nitrogens with zero attached hydrogens (tertiary/aromatic N) is 1. The van der Waals surface area contributed by atoms with Gasteiger partial charge in [0, 0.05) is 6.42 Å². The zero-order valence-corrected chi connectivity index (χ0v) is 22.8. The molecular formula is C30H44N2O3S. The normalized spacial score (nSPS) is 11.1. The minimum atomic E-state index is -0.363. The summed E-state index contributed by atoms with van der Waals surface area (Å²) in [5, 5.41) is 5.87. The number of hydrazone groups is 1.